The van der Waals surface area contributed by atoms with Gasteiger partial charge in [-0.1, -0.05) is 11.6 Å². The average Bonchev–Trinajstić information content (AvgIpc) is 3.03. The van der Waals surface area contributed by atoms with Crippen molar-refractivity contribution in [3.8, 4) is 0 Å². The molecule has 2 aliphatic carbocycles. The van der Waals surface area contributed by atoms with Gasteiger partial charge in [0.05, 0.1) is 17.3 Å². The van der Waals surface area contributed by atoms with E-state index in [0.29, 0.717) is 17.9 Å². The molecule has 2 fully saturated rings. The first-order chi connectivity index (χ1) is 13.4. The lowest BCUT2D eigenvalue weighted by molar-refractivity contribution is 0.0293. The monoisotopic (exact) mass is 403 g/mol. The van der Waals surface area contributed by atoms with Crippen LogP contribution in [-0.2, 0) is 5.60 Å². The number of fused-ring (bicyclic) bond motifs is 2. The number of aromatic amines is 1. The van der Waals surface area contributed by atoms with Gasteiger partial charge in [0.25, 0.3) is 5.91 Å². The summed E-state index contributed by atoms with van der Waals surface area (Å²) >= 11 is 6.18. The number of hydrogen-bond donors (Lipinski definition) is 3. The minimum Gasteiger partial charge on any atom is -0.385 e. The number of nitrogens with one attached hydrogen (secondary N) is 2. The number of carbonyl (C=O) groups excluding carboxylic acids is 1. The van der Waals surface area contributed by atoms with Crippen LogP contribution in [-0.4, -0.2) is 27.3 Å². The highest BCUT2D eigenvalue weighted by Crippen LogP contribution is 2.60. The Balaban J connectivity index is 1.32. The number of halogens is 3. The van der Waals surface area contributed by atoms with Crippen LogP contribution in [0.4, 0.5) is 8.78 Å². The van der Waals surface area contributed by atoms with Crippen molar-refractivity contribution < 1.29 is 18.7 Å². The molecule has 144 valence electrons. The molecule has 0 saturated heterocycles. The molecule has 0 radical (unpaired) electrons. The number of benzene rings is 2. The molecule has 8 heteroatoms. The van der Waals surface area contributed by atoms with Gasteiger partial charge in [-0.05, 0) is 60.6 Å². The zero-order valence-corrected chi connectivity index (χ0v) is 15.3. The molecule has 5 nitrogen and oxygen atoms in total. The number of rotatable bonds is 3. The number of amides is 1. The van der Waals surface area contributed by atoms with Crippen molar-refractivity contribution in [2.24, 2.45) is 11.8 Å². The fraction of sp³-hybridized carbons (Fsp3) is 0.300. The first kappa shape index (κ1) is 17.6. The summed E-state index contributed by atoms with van der Waals surface area (Å²) < 4.78 is 26.4. The predicted molar refractivity (Wildman–Crippen MR) is 98.8 cm³/mol. The number of carbonyl (C=O) groups is 1. The van der Waals surface area contributed by atoms with E-state index in [1.807, 2.05) is 0 Å². The van der Waals surface area contributed by atoms with Gasteiger partial charge in [0.15, 0.2) is 11.6 Å². The first-order valence-corrected chi connectivity index (χ1v) is 9.35. The second-order valence-electron chi connectivity index (χ2n) is 7.68. The standard InChI is InChI=1S/C20H16ClF2N3O2/c21-10-4-14(13-8-24-26-17(13)5-10)20(28)6-11-12(7-20)18(11)25-19(27)9-1-2-15(22)16(23)3-9/h1-5,8,11-12,18,28H,6-7H2,(H,24,26)(H,25,27). The van der Waals surface area contributed by atoms with E-state index in [1.165, 1.54) is 6.07 Å². The van der Waals surface area contributed by atoms with Crippen LogP contribution < -0.4 is 5.32 Å². The van der Waals surface area contributed by atoms with Crippen molar-refractivity contribution in [2.75, 3.05) is 0 Å². The lowest BCUT2D eigenvalue weighted by Crippen LogP contribution is -2.33. The molecule has 28 heavy (non-hydrogen) atoms. The van der Waals surface area contributed by atoms with Gasteiger partial charge in [-0.3, -0.25) is 9.89 Å². The van der Waals surface area contributed by atoms with Gasteiger partial charge in [-0.25, -0.2) is 8.78 Å². The highest BCUT2D eigenvalue weighted by Gasteiger charge is 2.62. The van der Waals surface area contributed by atoms with Crippen LogP contribution >= 0.6 is 11.6 Å². The number of hydrogen-bond acceptors (Lipinski definition) is 3. The van der Waals surface area contributed by atoms with Crippen LogP contribution in [0.5, 0.6) is 0 Å². The Labute approximate surface area is 163 Å². The maximum absolute atomic E-state index is 13.3. The van der Waals surface area contributed by atoms with Gasteiger partial charge in [-0.15, -0.1) is 0 Å². The summed E-state index contributed by atoms with van der Waals surface area (Å²) in [4.78, 5) is 12.3. The quantitative estimate of drug-likeness (QED) is 0.626. The van der Waals surface area contributed by atoms with Crippen molar-refractivity contribution in [3.63, 3.8) is 0 Å². The largest absolute Gasteiger partial charge is 0.385 e. The molecule has 1 heterocycles. The fourth-order valence-corrected chi connectivity index (χ4v) is 4.79. The second-order valence-corrected chi connectivity index (χ2v) is 8.12. The normalized spacial score (nSPS) is 28.4. The van der Waals surface area contributed by atoms with Crippen LogP contribution in [0, 0.1) is 23.5 Å². The van der Waals surface area contributed by atoms with E-state index in [9.17, 15) is 18.7 Å². The van der Waals surface area contributed by atoms with E-state index < -0.39 is 23.1 Å². The Bertz CT molecular complexity index is 1100. The lowest BCUT2D eigenvalue weighted by Gasteiger charge is -2.27. The summed E-state index contributed by atoms with van der Waals surface area (Å²) in [5, 5.41) is 22.3. The van der Waals surface area contributed by atoms with E-state index in [4.69, 9.17) is 11.6 Å². The van der Waals surface area contributed by atoms with Gasteiger partial charge in [0.1, 0.15) is 0 Å². The van der Waals surface area contributed by atoms with Crippen LogP contribution in [0.2, 0.25) is 5.02 Å². The van der Waals surface area contributed by atoms with Gasteiger partial charge < -0.3 is 10.4 Å². The summed E-state index contributed by atoms with van der Waals surface area (Å²) in [6.07, 6.45) is 2.65. The molecule has 0 aliphatic heterocycles. The van der Waals surface area contributed by atoms with E-state index in [0.717, 1.165) is 28.6 Å². The van der Waals surface area contributed by atoms with Crippen molar-refractivity contribution in [1.82, 2.24) is 15.5 Å². The van der Waals surface area contributed by atoms with Crippen molar-refractivity contribution in [1.29, 1.82) is 0 Å². The van der Waals surface area contributed by atoms with Crippen LogP contribution in [0.15, 0.2) is 36.5 Å². The lowest BCUT2D eigenvalue weighted by atomic mass is 9.86. The maximum Gasteiger partial charge on any atom is 0.251 e. The number of aromatic nitrogens is 2. The summed E-state index contributed by atoms with van der Waals surface area (Å²) in [6, 6.07) is 6.52. The second kappa shape index (κ2) is 5.99. The molecule has 0 bridgehead atoms. The van der Waals surface area contributed by atoms with Crippen molar-refractivity contribution in [2.45, 2.75) is 24.5 Å². The summed E-state index contributed by atoms with van der Waals surface area (Å²) in [6.45, 7) is 0. The summed E-state index contributed by atoms with van der Waals surface area (Å²) in [5.41, 5.74) is 0.543. The van der Waals surface area contributed by atoms with E-state index in [1.54, 1.807) is 18.3 Å². The van der Waals surface area contributed by atoms with Crippen LogP contribution in [0.25, 0.3) is 10.9 Å². The van der Waals surface area contributed by atoms with Gasteiger partial charge in [0.2, 0.25) is 0 Å². The average molecular weight is 404 g/mol. The highest BCUT2D eigenvalue weighted by atomic mass is 35.5. The van der Waals surface area contributed by atoms with Crippen molar-refractivity contribution >= 4 is 28.4 Å². The Morgan fingerprint density at radius 1 is 1.21 bits per heavy atom. The molecule has 1 amide bonds. The third kappa shape index (κ3) is 2.69. The molecule has 2 unspecified atom stereocenters. The molecule has 0 spiro atoms. The van der Waals surface area contributed by atoms with Crippen LogP contribution in [0.1, 0.15) is 28.8 Å². The number of aliphatic hydroxyl groups is 1. The molecular weight excluding hydrogens is 388 g/mol. The molecule has 1 aromatic heterocycles. The molecule has 2 aromatic carbocycles. The van der Waals surface area contributed by atoms with Crippen molar-refractivity contribution in [3.05, 3.63) is 64.3 Å². The number of nitrogens with zero attached hydrogens (tertiary/aromatic N) is 1. The third-order valence-corrected chi connectivity index (χ3v) is 6.20. The van der Waals surface area contributed by atoms with E-state index in [-0.39, 0.29) is 23.4 Å². The number of H-pyrrole nitrogens is 1. The Hall–Kier alpha value is -2.51. The van der Waals surface area contributed by atoms with Gasteiger partial charge >= 0.3 is 0 Å². The summed E-state index contributed by atoms with van der Waals surface area (Å²) in [5.74, 6) is -2.23. The minimum atomic E-state index is -1.05. The van der Waals surface area contributed by atoms with E-state index in [2.05, 4.69) is 15.5 Å². The zero-order chi connectivity index (χ0) is 19.6. The maximum atomic E-state index is 13.3. The first-order valence-electron chi connectivity index (χ1n) is 8.97. The zero-order valence-electron chi connectivity index (χ0n) is 14.5. The van der Waals surface area contributed by atoms with Gasteiger partial charge in [0, 0.05) is 22.0 Å². The van der Waals surface area contributed by atoms with Crippen LogP contribution in [0.3, 0.4) is 0 Å². The smallest absolute Gasteiger partial charge is 0.251 e. The molecule has 3 aromatic rings. The molecule has 2 aliphatic rings. The predicted octanol–water partition coefficient (Wildman–Crippen LogP) is 3.52. The highest BCUT2D eigenvalue weighted by molar-refractivity contribution is 6.31. The Morgan fingerprint density at radius 3 is 2.68 bits per heavy atom. The molecule has 3 N–H and O–H groups in total. The topological polar surface area (TPSA) is 78.0 Å². The Morgan fingerprint density at radius 2 is 1.96 bits per heavy atom. The summed E-state index contributed by atoms with van der Waals surface area (Å²) in [7, 11) is 0. The molecule has 2 saturated carbocycles. The van der Waals surface area contributed by atoms with E-state index >= 15 is 0 Å². The molecule has 2 atom stereocenters. The Kier molecular flexibility index (Phi) is 3.76. The molecule has 5 rings (SSSR count). The minimum absolute atomic E-state index is 0.0779. The fourth-order valence-electron chi connectivity index (χ4n) is 4.57. The molecular formula is C20H16ClF2N3O2. The SMILES string of the molecule is O=C(NC1C2CC(O)(c3cc(Cl)cc4[nH]ncc34)CC21)c1ccc(F)c(F)c1. The van der Waals surface area contributed by atoms with Gasteiger partial charge in [-0.2, -0.15) is 5.10 Å². The third-order valence-electron chi connectivity index (χ3n) is 5.98.